The van der Waals surface area contributed by atoms with Gasteiger partial charge in [0.2, 0.25) is 0 Å². The number of pyridine rings is 3. The number of fused-ring (bicyclic) bond motifs is 10. The highest BCUT2D eigenvalue weighted by Gasteiger charge is 2.17. The van der Waals surface area contributed by atoms with Crippen molar-refractivity contribution in [2.24, 2.45) is 0 Å². The van der Waals surface area contributed by atoms with Crippen LogP contribution < -0.4 is 0 Å². The maximum Gasteiger partial charge on any atom is 0.0986 e. The number of rotatable bonds is 1. The van der Waals surface area contributed by atoms with Gasteiger partial charge in [0.15, 0.2) is 0 Å². The van der Waals surface area contributed by atoms with Gasteiger partial charge in [-0.25, -0.2) is 4.98 Å². The quantitative estimate of drug-likeness (QED) is 0.232. The van der Waals surface area contributed by atoms with Gasteiger partial charge in [-0.15, -0.1) is 0 Å². The van der Waals surface area contributed by atoms with Gasteiger partial charge in [0.1, 0.15) is 0 Å². The summed E-state index contributed by atoms with van der Waals surface area (Å²) >= 11 is 0. The minimum Gasteiger partial charge on any atom is -0.254 e. The van der Waals surface area contributed by atoms with Crippen LogP contribution in [-0.4, -0.2) is 15.0 Å². The Kier molecular flexibility index (Phi) is 3.94. The van der Waals surface area contributed by atoms with Crippen LogP contribution in [0.3, 0.4) is 0 Å². The molecule has 0 spiro atoms. The van der Waals surface area contributed by atoms with Crippen molar-refractivity contribution in [2.75, 3.05) is 0 Å². The third-order valence-corrected chi connectivity index (χ3v) is 7.30. The molecule has 0 fully saturated rings. The lowest BCUT2D eigenvalue weighted by atomic mass is 9.92. The molecule has 0 atom stereocenters. The predicted molar refractivity (Wildman–Crippen MR) is 150 cm³/mol. The first-order valence-corrected chi connectivity index (χ1v) is 12.1. The van der Waals surface area contributed by atoms with Gasteiger partial charge >= 0.3 is 0 Å². The molecule has 8 rings (SSSR count). The fourth-order valence-electron chi connectivity index (χ4n) is 5.66. The number of nitrogens with zero attached hydrogens (tertiary/aromatic N) is 3. The predicted octanol–water partition coefficient (Wildman–Crippen LogP) is 8.46. The third-order valence-electron chi connectivity index (χ3n) is 7.30. The van der Waals surface area contributed by atoms with Gasteiger partial charge in [-0.3, -0.25) is 9.97 Å². The van der Waals surface area contributed by atoms with E-state index in [9.17, 15) is 0 Å². The number of hydrogen-bond acceptors (Lipinski definition) is 3. The molecule has 0 aliphatic carbocycles. The van der Waals surface area contributed by atoms with E-state index in [1.54, 1.807) is 0 Å². The monoisotopic (exact) mass is 457 g/mol. The van der Waals surface area contributed by atoms with E-state index in [2.05, 4.69) is 102 Å². The third kappa shape index (κ3) is 2.65. The van der Waals surface area contributed by atoms with Gasteiger partial charge in [0, 0.05) is 39.5 Å². The largest absolute Gasteiger partial charge is 0.254 e. The van der Waals surface area contributed by atoms with E-state index < -0.39 is 0 Å². The molecular weight excluding hydrogens is 438 g/mol. The Hall–Kier alpha value is -4.89. The van der Waals surface area contributed by atoms with Crippen molar-refractivity contribution < 1.29 is 0 Å². The molecule has 3 aromatic heterocycles. The zero-order chi connectivity index (χ0) is 23.6. The topological polar surface area (TPSA) is 38.7 Å². The molecular formula is C33H19N3. The van der Waals surface area contributed by atoms with E-state index in [0.717, 1.165) is 54.7 Å². The van der Waals surface area contributed by atoms with Crippen LogP contribution in [0.5, 0.6) is 0 Å². The van der Waals surface area contributed by atoms with Crippen LogP contribution >= 0.6 is 0 Å². The zero-order valence-electron chi connectivity index (χ0n) is 19.3. The first kappa shape index (κ1) is 19.4. The highest BCUT2D eigenvalue weighted by atomic mass is 14.8. The summed E-state index contributed by atoms with van der Waals surface area (Å²) in [4.78, 5) is 14.9. The summed E-state index contributed by atoms with van der Waals surface area (Å²) in [7, 11) is 0. The summed E-state index contributed by atoms with van der Waals surface area (Å²) in [5.74, 6) is 0. The molecule has 0 N–H and O–H groups in total. The highest BCUT2D eigenvalue weighted by molar-refractivity contribution is 6.22. The Morgan fingerprint density at radius 3 is 1.97 bits per heavy atom. The maximum atomic E-state index is 5.40. The van der Waals surface area contributed by atoms with Crippen LogP contribution in [0, 0.1) is 0 Å². The molecule has 3 heterocycles. The average molecular weight is 458 g/mol. The Morgan fingerprint density at radius 1 is 0.417 bits per heavy atom. The summed E-state index contributed by atoms with van der Waals surface area (Å²) < 4.78 is 0. The lowest BCUT2D eigenvalue weighted by molar-refractivity contribution is 1.38. The second-order valence-electron chi connectivity index (χ2n) is 9.25. The Morgan fingerprint density at radius 2 is 1.11 bits per heavy atom. The van der Waals surface area contributed by atoms with Crippen molar-refractivity contribution in [3.63, 3.8) is 0 Å². The average Bonchev–Trinajstić information content (AvgIpc) is 2.96. The normalized spacial score (nSPS) is 11.9. The molecule has 5 aromatic carbocycles. The van der Waals surface area contributed by atoms with Crippen molar-refractivity contribution >= 4 is 65.0 Å². The maximum absolute atomic E-state index is 5.40. The van der Waals surface area contributed by atoms with Crippen molar-refractivity contribution in [1.82, 2.24) is 15.0 Å². The van der Waals surface area contributed by atoms with Gasteiger partial charge in [0.25, 0.3) is 0 Å². The Bertz CT molecular complexity index is 2160. The van der Waals surface area contributed by atoms with Crippen LogP contribution in [0.1, 0.15) is 0 Å². The van der Waals surface area contributed by atoms with E-state index in [-0.39, 0.29) is 0 Å². The number of aromatic nitrogens is 3. The fraction of sp³-hybridized carbons (Fsp3) is 0. The van der Waals surface area contributed by atoms with E-state index in [1.807, 2.05) is 18.5 Å². The first-order valence-electron chi connectivity index (χ1n) is 12.1. The Labute approximate surface area is 206 Å². The van der Waals surface area contributed by atoms with Crippen LogP contribution in [0.15, 0.2) is 116 Å². The summed E-state index contributed by atoms with van der Waals surface area (Å²) in [6.07, 6.45) is 3.79. The van der Waals surface area contributed by atoms with E-state index in [1.165, 1.54) is 21.5 Å². The van der Waals surface area contributed by atoms with Crippen LogP contribution in [-0.2, 0) is 0 Å². The summed E-state index contributed by atoms with van der Waals surface area (Å²) in [5, 5.41) is 10.4. The van der Waals surface area contributed by atoms with Crippen molar-refractivity contribution in [3.05, 3.63) is 116 Å². The molecule has 0 aliphatic heterocycles. The highest BCUT2D eigenvalue weighted by Crippen LogP contribution is 2.40. The summed E-state index contributed by atoms with van der Waals surface area (Å²) in [5.41, 5.74) is 4.89. The minimum atomic E-state index is 0.887. The lowest BCUT2D eigenvalue weighted by Crippen LogP contribution is -1.94. The molecule has 0 saturated carbocycles. The summed E-state index contributed by atoms with van der Waals surface area (Å²) in [6, 6.07) is 36.4. The molecule has 0 unspecified atom stereocenters. The minimum absolute atomic E-state index is 0.887. The second kappa shape index (κ2) is 7.30. The van der Waals surface area contributed by atoms with Gasteiger partial charge in [0.05, 0.1) is 22.2 Å². The first-order chi connectivity index (χ1) is 17.9. The fourth-order valence-corrected chi connectivity index (χ4v) is 5.66. The lowest BCUT2D eigenvalue weighted by Gasteiger charge is -2.15. The van der Waals surface area contributed by atoms with Crippen LogP contribution in [0.2, 0.25) is 0 Å². The second-order valence-corrected chi connectivity index (χ2v) is 9.25. The Balaban J connectivity index is 1.58. The van der Waals surface area contributed by atoms with Gasteiger partial charge in [-0.05, 0) is 45.1 Å². The van der Waals surface area contributed by atoms with Crippen molar-refractivity contribution in [1.29, 1.82) is 0 Å². The van der Waals surface area contributed by atoms with Crippen molar-refractivity contribution in [2.45, 2.75) is 0 Å². The molecule has 0 bridgehead atoms. The van der Waals surface area contributed by atoms with E-state index in [0.29, 0.717) is 0 Å². The van der Waals surface area contributed by atoms with Gasteiger partial charge in [-0.1, -0.05) is 84.9 Å². The molecule has 0 saturated heterocycles. The molecule has 3 heteroatoms. The molecule has 8 aromatic rings. The number of benzene rings is 5. The summed E-state index contributed by atoms with van der Waals surface area (Å²) in [6.45, 7) is 0. The molecule has 36 heavy (non-hydrogen) atoms. The SMILES string of the molecule is c1ccc2c(c1)cc(-c1nc3c(cnc4c3ccc3cccnc34)c3ccccc13)c1ccccc12. The standard InChI is InChI=1S/C33H19N3/c1-2-10-22-21(8-1)18-28(24-12-4-3-11-23(22)24)31-26-14-6-5-13-25(26)29-19-35-33-27(32(29)36-31)16-15-20-9-7-17-34-30(20)33/h1-19H. The zero-order valence-corrected chi connectivity index (χ0v) is 19.3. The van der Waals surface area contributed by atoms with Crippen molar-refractivity contribution in [3.8, 4) is 11.3 Å². The van der Waals surface area contributed by atoms with Crippen LogP contribution in [0.25, 0.3) is 76.3 Å². The smallest absolute Gasteiger partial charge is 0.0986 e. The number of hydrogen-bond donors (Lipinski definition) is 0. The molecule has 166 valence electrons. The molecule has 3 nitrogen and oxygen atoms in total. The van der Waals surface area contributed by atoms with Gasteiger partial charge < -0.3 is 0 Å². The van der Waals surface area contributed by atoms with Crippen LogP contribution in [0.4, 0.5) is 0 Å². The molecule has 0 radical (unpaired) electrons. The molecule has 0 aliphatic rings. The van der Waals surface area contributed by atoms with Gasteiger partial charge in [-0.2, -0.15) is 0 Å². The van der Waals surface area contributed by atoms with E-state index >= 15 is 0 Å². The van der Waals surface area contributed by atoms with E-state index in [4.69, 9.17) is 9.97 Å². The molecule has 0 amide bonds.